The molecule has 1 aliphatic rings. The molecule has 226 valence electrons. The van der Waals surface area contributed by atoms with Gasteiger partial charge >= 0.3 is 5.97 Å². The Morgan fingerprint density at radius 3 is 2.63 bits per heavy atom. The molecule has 43 heavy (non-hydrogen) atoms. The number of fused-ring (bicyclic) bond motifs is 2. The first kappa shape index (κ1) is 30.1. The van der Waals surface area contributed by atoms with Crippen molar-refractivity contribution in [1.29, 1.82) is 0 Å². The number of aromatic nitrogens is 3. The van der Waals surface area contributed by atoms with E-state index in [4.69, 9.17) is 14.2 Å². The largest absolute Gasteiger partial charge is 0.490 e. The van der Waals surface area contributed by atoms with Gasteiger partial charge in [-0.05, 0) is 64.7 Å². The molecule has 0 aliphatic carbocycles. The quantitative estimate of drug-likeness (QED) is 0.259. The van der Waals surface area contributed by atoms with Gasteiger partial charge in [-0.1, -0.05) is 30.3 Å². The fourth-order valence-electron chi connectivity index (χ4n) is 5.27. The Balaban J connectivity index is 1.60. The van der Waals surface area contributed by atoms with Crippen molar-refractivity contribution in [3.8, 4) is 17.0 Å². The van der Waals surface area contributed by atoms with Gasteiger partial charge in [0, 0.05) is 28.5 Å². The van der Waals surface area contributed by atoms with Gasteiger partial charge in [0.25, 0.3) is 5.91 Å². The molecule has 0 fully saturated rings. The summed E-state index contributed by atoms with van der Waals surface area (Å²) >= 11 is 0. The first-order valence-electron chi connectivity index (χ1n) is 14.1. The minimum absolute atomic E-state index is 0.182. The predicted molar refractivity (Wildman–Crippen MR) is 158 cm³/mol. The maximum Gasteiger partial charge on any atom is 0.337 e. The highest BCUT2D eigenvalue weighted by Gasteiger charge is 2.34. The summed E-state index contributed by atoms with van der Waals surface area (Å²) in [4.78, 5) is 30.0. The number of aryl methyl sites for hydroxylation is 1. The van der Waals surface area contributed by atoms with Gasteiger partial charge in [-0.3, -0.25) is 4.79 Å². The molecule has 1 aliphatic heterocycles. The standard InChI is InChI=1S/C32H35FN4O6/c1-18-21-12-9-13-42-29(21)23(33)14-22(18)28-27(30(31(39)40)43-32(3,4)5)19(2)34-25-15-24(36-37(25)28)35-26(38)17-41-16-20-10-7-6-8-11-20/h6-8,10-11,14-15,30H,9,12-13,16-17H2,1-5H3,(H,39,40)(H,35,36,38). The Hall–Kier alpha value is -4.35. The zero-order valence-corrected chi connectivity index (χ0v) is 24.9. The molecule has 0 saturated carbocycles. The second kappa shape index (κ2) is 12.1. The molecule has 0 spiro atoms. The van der Waals surface area contributed by atoms with Gasteiger partial charge in [0.15, 0.2) is 29.1 Å². The highest BCUT2D eigenvalue weighted by molar-refractivity contribution is 5.91. The fourth-order valence-corrected chi connectivity index (χ4v) is 5.27. The monoisotopic (exact) mass is 590 g/mol. The van der Waals surface area contributed by atoms with E-state index in [1.807, 2.05) is 37.3 Å². The summed E-state index contributed by atoms with van der Waals surface area (Å²) in [6.07, 6.45) is -0.0994. The van der Waals surface area contributed by atoms with Gasteiger partial charge in [0.1, 0.15) is 6.61 Å². The normalized spacial score (nSPS) is 13.8. The zero-order valence-electron chi connectivity index (χ0n) is 24.9. The summed E-state index contributed by atoms with van der Waals surface area (Å²) in [5, 5.41) is 17.6. The number of hydrogen-bond donors (Lipinski definition) is 2. The molecule has 0 radical (unpaired) electrons. The van der Waals surface area contributed by atoms with E-state index in [1.165, 1.54) is 10.6 Å². The minimum Gasteiger partial charge on any atom is -0.490 e. The summed E-state index contributed by atoms with van der Waals surface area (Å²) in [5.74, 6) is -1.81. The minimum atomic E-state index is -1.43. The summed E-state index contributed by atoms with van der Waals surface area (Å²) in [5.41, 5.74) is 3.25. The Labute approximate surface area is 248 Å². The smallest absolute Gasteiger partial charge is 0.337 e. The number of benzene rings is 2. The van der Waals surface area contributed by atoms with Crippen molar-refractivity contribution in [2.75, 3.05) is 18.5 Å². The van der Waals surface area contributed by atoms with Crippen molar-refractivity contribution in [1.82, 2.24) is 14.6 Å². The number of ether oxygens (including phenoxy) is 3. The number of carboxylic acids is 1. The maximum absolute atomic E-state index is 15.5. The fraction of sp³-hybridized carbons (Fsp3) is 0.375. The molecule has 1 unspecified atom stereocenters. The molecule has 11 heteroatoms. The van der Waals surface area contributed by atoms with Crippen LogP contribution in [0, 0.1) is 19.7 Å². The topological polar surface area (TPSA) is 124 Å². The number of carboxylic acid groups (broad SMARTS) is 1. The van der Waals surface area contributed by atoms with Crippen molar-refractivity contribution in [2.24, 2.45) is 0 Å². The number of hydrogen-bond acceptors (Lipinski definition) is 7. The zero-order chi connectivity index (χ0) is 30.9. The van der Waals surface area contributed by atoms with Crippen LogP contribution in [0.2, 0.25) is 0 Å². The second-order valence-electron chi connectivity index (χ2n) is 11.5. The van der Waals surface area contributed by atoms with E-state index in [1.54, 1.807) is 33.8 Å². The first-order chi connectivity index (χ1) is 20.4. The van der Waals surface area contributed by atoms with Crippen molar-refractivity contribution in [2.45, 2.75) is 65.8 Å². The van der Waals surface area contributed by atoms with Crippen LogP contribution in [0.1, 0.15) is 61.2 Å². The predicted octanol–water partition coefficient (Wildman–Crippen LogP) is 5.57. The van der Waals surface area contributed by atoms with Gasteiger partial charge in [0.05, 0.1) is 24.5 Å². The van der Waals surface area contributed by atoms with Crippen LogP contribution >= 0.6 is 0 Å². The molecule has 0 bridgehead atoms. The van der Waals surface area contributed by atoms with E-state index in [9.17, 15) is 14.7 Å². The Bertz CT molecular complexity index is 1680. The summed E-state index contributed by atoms with van der Waals surface area (Å²) < 4.78 is 34.1. The van der Waals surface area contributed by atoms with E-state index in [-0.39, 0.29) is 30.3 Å². The maximum atomic E-state index is 15.5. The molecule has 5 rings (SSSR count). The molecular weight excluding hydrogens is 555 g/mol. The van der Waals surface area contributed by atoms with Crippen molar-refractivity contribution in [3.63, 3.8) is 0 Å². The Morgan fingerprint density at radius 2 is 1.93 bits per heavy atom. The van der Waals surface area contributed by atoms with Gasteiger partial charge in [-0.2, -0.15) is 0 Å². The van der Waals surface area contributed by atoms with Crippen LogP contribution in [0.4, 0.5) is 10.2 Å². The third-order valence-electron chi connectivity index (χ3n) is 7.09. The Morgan fingerprint density at radius 1 is 1.19 bits per heavy atom. The third-order valence-corrected chi connectivity index (χ3v) is 7.09. The van der Waals surface area contributed by atoms with Crippen molar-refractivity contribution < 1.29 is 33.3 Å². The number of nitrogens with one attached hydrogen (secondary N) is 1. The Kier molecular flexibility index (Phi) is 8.48. The molecule has 0 saturated heterocycles. The number of amides is 1. The molecule has 2 N–H and O–H groups in total. The summed E-state index contributed by atoms with van der Waals surface area (Å²) in [6.45, 7) is 9.28. The molecule has 1 atom stereocenters. The molecule has 4 aromatic rings. The van der Waals surface area contributed by atoms with Crippen LogP contribution in [0.3, 0.4) is 0 Å². The third kappa shape index (κ3) is 6.52. The van der Waals surface area contributed by atoms with Gasteiger partial charge < -0.3 is 24.6 Å². The lowest BCUT2D eigenvalue weighted by Gasteiger charge is -2.28. The summed E-state index contributed by atoms with van der Waals surface area (Å²) in [6, 6.07) is 12.4. The van der Waals surface area contributed by atoms with Crippen LogP contribution in [0.15, 0.2) is 42.5 Å². The number of carbonyl (C=O) groups is 2. The highest BCUT2D eigenvalue weighted by Crippen LogP contribution is 2.41. The molecule has 1 amide bonds. The number of anilines is 1. The van der Waals surface area contributed by atoms with Crippen LogP contribution in [-0.2, 0) is 32.1 Å². The number of nitrogens with zero attached hydrogens (tertiary/aromatic N) is 3. The van der Waals surface area contributed by atoms with E-state index in [0.717, 1.165) is 23.1 Å². The number of carbonyl (C=O) groups excluding carboxylic acids is 1. The molecule has 2 aromatic heterocycles. The van der Waals surface area contributed by atoms with E-state index in [2.05, 4.69) is 15.4 Å². The van der Waals surface area contributed by atoms with Crippen LogP contribution < -0.4 is 10.1 Å². The van der Waals surface area contributed by atoms with Crippen molar-refractivity contribution in [3.05, 3.63) is 76.2 Å². The average Bonchev–Trinajstić information content (AvgIpc) is 3.34. The van der Waals surface area contributed by atoms with Crippen LogP contribution in [0.5, 0.6) is 5.75 Å². The second-order valence-corrected chi connectivity index (χ2v) is 11.5. The van der Waals surface area contributed by atoms with E-state index in [0.29, 0.717) is 35.6 Å². The average molecular weight is 591 g/mol. The molecule has 10 nitrogen and oxygen atoms in total. The number of rotatable bonds is 9. The molecule has 3 heterocycles. The lowest BCUT2D eigenvalue weighted by molar-refractivity contribution is -0.160. The summed E-state index contributed by atoms with van der Waals surface area (Å²) in [7, 11) is 0. The number of halogens is 1. The van der Waals surface area contributed by atoms with E-state index < -0.39 is 29.4 Å². The highest BCUT2D eigenvalue weighted by atomic mass is 19.1. The lowest BCUT2D eigenvalue weighted by Crippen LogP contribution is -2.29. The first-order valence-corrected chi connectivity index (χ1v) is 14.1. The SMILES string of the molecule is Cc1nc2cc(NC(=O)COCc3ccccc3)nn2c(-c2cc(F)c3c(c2C)CCCO3)c1C(OC(C)(C)C)C(=O)O. The molecule has 2 aromatic carbocycles. The van der Waals surface area contributed by atoms with Crippen LogP contribution in [0.25, 0.3) is 16.9 Å². The number of aliphatic carboxylic acids is 1. The van der Waals surface area contributed by atoms with Gasteiger partial charge in [-0.15, -0.1) is 5.10 Å². The van der Waals surface area contributed by atoms with Crippen LogP contribution in [-0.4, -0.2) is 50.4 Å². The van der Waals surface area contributed by atoms with Gasteiger partial charge in [0.2, 0.25) is 0 Å². The lowest BCUT2D eigenvalue weighted by atomic mass is 9.91. The van der Waals surface area contributed by atoms with E-state index >= 15 is 4.39 Å². The van der Waals surface area contributed by atoms with Gasteiger partial charge in [-0.25, -0.2) is 18.7 Å². The van der Waals surface area contributed by atoms with Crippen molar-refractivity contribution >= 4 is 23.3 Å². The molecular formula is C32H35FN4O6.